The average Bonchev–Trinajstić information content (AvgIpc) is 3.34. The number of hydrogen-bond donors (Lipinski definition) is 1. The number of fused-ring (bicyclic) bond motifs is 5. The van der Waals surface area contributed by atoms with Gasteiger partial charge in [0, 0.05) is 5.92 Å². The van der Waals surface area contributed by atoms with Gasteiger partial charge in [-0.2, -0.15) is 15.0 Å². The summed E-state index contributed by atoms with van der Waals surface area (Å²) >= 11 is 0. The van der Waals surface area contributed by atoms with Crippen LogP contribution in [0.3, 0.4) is 0 Å². The Kier molecular flexibility index (Phi) is 4.69. The number of hydrogen-bond acceptors (Lipinski definition) is 4. The van der Waals surface area contributed by atoms with Crippen LogP contribution in [0, 0.1) is 52.8 Å². The minimum atomic E-state index is -0.445. The van der Waals surface area contributed by atoms with Gasteiger partial charge in [0.1, 0.15) is 6.54 Å². The SMILES string of the molecule is C[C@@]1(O)CC[C@H]2[C@H](CC[C@@H]3[C@@H]2CC[C@@]2(C)[C@H]3[C@H](C3CC3)C[C@@H]2C(=O)Cn2nccn2)C1. The van der Waals surface area contributed by atoms with Gasteiger partial charge in [-0.25, -0.2) is 0 Å². The fourth-order valence-electron chi connectivity index (χ4n) is 9.34. The Hall–Kier alpha value is -1.23. The summed E-state index contributed by atoms with van der Waals surface area (Å²) in [7, 11) is 0. The number of Topliss-reactive ketones (excluding diaryl/α,β-unsaturated/α-hetero) is 1. The van der Waals surface area contributed by atoms with Crippen LogP contribution in [0.1, 0.15) is 78.1 Å². The molecule has 1 aromatic rings. The lowest BCUT2D eigenvalue weighted by Crippen LogP contribution is -2.52. The monoisotopic (exact) mass is 425 g/mol. The van der Waals surface area contributed by atoms with Crippen LogP contribution in [0.15, 0.2) is 12.4 Å². The zero-order valence-corrected chi connectivity index (χ0v) is 19.2. The van der Waals surface area contributed by atoms with Gasteiger partial charge in [0.15, 0.2) is 5.78 Å². The summed E-state index contributed by atoms with van der Waals surface area (Å²) in [6.45, 7) is 4.87. The first-order chi connectivity index (χ1) is 14.9. The number of aromatic nitrogens is 3. The molecule has 0 spiro atoms. The van der Waals surface area contributed by atoms with Gasteiger partial charge in [-0.3, -0.25) is 4.79 Å². The molecular formula is C26H39N3O2. The van der Waals surface area contributed by atoms with E-state index in [0.717, 1.165) is 60.7 Å². The van der Waals surface area contributed by atoms with Gasteiger partial charge in [0.05, 0.1) is 18.0 Å². The maximum Gasteiger partial charge on any atom is 0.159 e. The van der Waals surface area contributed by atoms with Crippen molar-refractivity contribution in [2.75, 3.05) is 0 Å². The molecule has 1 aromatic heterocycles. The second-order valence-corrected chi connectivity index (χ2v) is 12.5. The molecule has 31 heavy (non-hydrogen) atoms. The Morgan fingerprint density at radius 3 is 2.39 bits per heavy atom. The molecule has 0 aromatic carbocycles. The first kappa shape index (κ1) is 20.4. The van der Waals surface area contributed by atoms with E-state index in [1.54, 1.807) is 17.2 Å². The van der Waals surface area contributed by atoms with E-state index in [0.29, 0.717) is 12.3 Å². The highest BCUT2D eigenvalue weighted by Crippen LogP contribution is 2.69. The summed E-state index contributed by atoms with van der Waals surface area (Å²) in [6.07, 6.45) is 15.5. The average molecular weight is 426 g/mol. The molecule has 9 atom stereocenters. The van der Waals surface area contributed by atoms with Crippen molar-refractivity contribution in [3.63, 3.8) is 0 Å². The van der Waals surface area contributed by atoms with Crippen molar-refractivity contribution in [3.05, 3.63) is 12.4 Å². The van der Waals surface area contributed by atoms with E-state index in [9.17, 15) is 9.90 Å². The Morgan fingerprint density at radius 1 is 0.935 bits per heavy atom. The van der Waals surface area contributed by atoms with Gasteiger partial charge >= 0.3 is 0 Å². The van der Waals surface area contributed by atoms with E-state index >= 15 is 0 Å². The lowest BCUT2D eigenvalue weighted by Gasteiger charge is -2.57. The first-order valence-corrected chi connectivity index (χ1v) is 12.9. The third-order valence-electron chi connectivity index (χ3n) is 10.7. The van der Waals surface area contributed by atoms with Gasteiger partial charge in [0.2, 0.25) is 0 Å². The van der Waals surface area contributed by atoms with Gasteiger partial charge in [0.25, 0.3) is 0 Å². The first-order valence-electron chi connectivity index (χ1n) is 12.9. The Bertz CT molecular complexity index is 832. The summed E-state index contributed by atoms with van der Waals surface area (Å²) in [6, 6.07) is 0. The van der Waals surface area contributed by atoms with Crippen molar-refractivity contribution in [1.82, 2.24) is 15.0 Å². The number of rotatable bonds is 4. The summed E-state index contributed by atoms with van der Waals surface area (Å²) < 4.78 is 0. The second kappa shape index (κ2) is 7.13. The fraction of sp³-hybridized carbons (Fsp3) is 0.885. The molecule has 0 aliphatic heterocycles. The molecular weight excluding hydrogens is 386 g/mol. The highest BCUT2D eigenvalue weighted by molar-refractivity contribution is 5.82. The zero-order chi connectivity index (χ0) is 21.4. The summed E-state index contributed by atoms with van der Waals surface area (Å²) in [4.78, 5) is 15.1. The molecule has 5 aliphatic rings. The highest BCUT2D eigenvalue weighted by Gasteiger charge is 2.63. The molecule has 0 unspecified atom stereocenters. The number of aliphatic hydroxyl groups is 1. The van der Waals surface area contributed by atoms with Crippen LogP contribution in [-0.4, -0.2) is 31.5 Å². The van der Waals surface area contributed by atoms with Crippen LogP contribution in [0.4, 0.5) is 0 Å². The third kappa shape index (κ3) is 3.32. The Morgan fingerprint density at radius 2 is 1.65 bits per heavy atom. The smallest absolute Gasteiger partial charge is 0.159 e. The Balaban J connectivity index is 1.27. The van der Waals surface area contributed by atoms with Crippen LogP contribution >= 0.6 is 0 Å². The maximum atomic E-state index is 13.5. The van der Waals surface area contributed by atoms with Crippen LogP contribution in [0.5, 0.6) is 0 Å². The lowest BCUT2D eigenvalue weighted by molar-refractivity contribution is -0.134. The molecule has 5 fully saturated rings. The maximum absolute atomic E-state index is 13.5. The van der Waals surface area contributed by atoms with Crippen molar-refractivity contribution in [2.45, 2.75) is 90.2 Å². The molecule has 5 heteroatoms. The zero-order valence-electron chi connectivity index (χ0n) is 19.2. The standard InChI is InChI=1S/C26H39N3O2/c1-25(31)9-7-18-17(14-25)5-6-20-19(18)8-10-26(2)22(13-21(24(20)26)16-3-4-16)23(30)15-29-27-11-12-28-29/h11-12,16-22,24,31H,3-10,13-15H2,1-2H3/t17-,18+,19-,20-,21+,22-,24-,25-,26-/m1/s1. The molecule has 170 valence electrons. The number of carbonyl (C=O) groups excluding carboxylic acids is 1. The van der Waals surface area contributed by atoms with Crippen molar-refractivity contribution < 1.29 is 9.90 Å². The lowest BCUT2D eigenvalue weighted by atomic mass is 9.48. The molecule has 0 saturated heterocycles. The highest BCUT2D eigenvalue weighted by atomic mass is 16.3. The third-order valence-corrected chi connectivity index (χ3v) is 10.7. The number of carbonyl (C=O) groups is 1. The quantitative estimate of drug-likeness (QED) is 0.771. The predicted molar refractivity (Wildman–Crippen MR) is 118 cm³/mol. The predicted octanol–water partition coefficient (Wildman–Crippen LogP) is 4.50. The van der Waals surface area contributed by atoms with Crippen LogP contribution in [-0.2, 0) is 11.3 Å². The van der Waals surface area contributed by atoms with Crippen molar-refractivity contribution in [2.24, 2.45) is 52.8 Å². The summed E-state index contributed by atoms with van der Waals surface area (Å²) in [5, 5.41) is 19.1. The van der Waals surface area contributed by atoms with E-state index < -0.39 is 5.60 Å². The molecule has 0 bridgehead atoms. The van der Waals surface area contributed by atoms with Crippen molar-refractivity contribution >= 4 is 5.78 Å². The molecule has 6 rings (SSSR count). The van der Waals surface area contributed by atoms with Gasteiger partial charge in [-0.15, -0.1) is 0 Å². The van der Waals surface area contributed by atoms with Crippen LogP contribution in [0.25, 0.3) is 0 Å². The largest absolute Gasteiger partial charge is 0.390 e. The molecule has 1 N–H and O–H groups in total. The normalized spacial score (nSPS) is 49.2. The van der Waals surface area contributed by atoms with Gasteiger partial charge in [-0.1, -0.05) is 6.92 Å². The van der Waals surface area contributed by atoms with E-state index in [1.165, 1.54) is 44.9 Å². The molecule has 5 aliphatic carbocycles. The van der Waals surface area contributed by atoms with Gasteiger partial charge < -0.3 is 5.11 Å². The number of nitrogens with zero attached hydrogens (tertiary/aromatic N) is 3. The molecule has 5 nitrogen and oxygen atoms in total. The molecule has 1 heterocycles. The van der Waals surface area contributed by atoms with Crippen LogP contribution in [0.2, 0.25) is 0 Å². The Labute approximate surface area is 186 Å². The second-order valence-electron chi connectivity index (χ2n) is 12.5. The van der Waals surface area contributed by atoms with Crippen LogP contribution < -0.4 is 0 Å². The van der Waals surface area contributed by atoms with Crippen molar-refractivity contribution in [1.29, 1.82) is 0 Å². The van der Waals surface area contributed by atoms with Crippen molar-refractivity contribution in [3.8, 4) is 0 Å². The molecule has 0 amide bonds. The number of ketones is 1. The van der Waals surface area contributed by atoms with E-state index in [2.05, 4.69) is 24.0 Å². The fourth-order valence-corrected chi connectivity index (χ4v) is 9.34. The van der Waals surface area contributed by atoms with E-state index in [-0.39, 0.29) is 11.3 Å². The summed E-state index contributed by atoms with van der Waals surface area (Å²) in [5.74, 6) is 6.05. The minimum Gasteiger partial charge on any atom is -0.390 e. The topological polar surface area (TPSA) is 68.0 Å². The summed E-state index contributed by atoms with van der Waals surface area (Å²) in [5.41, 5.74) is -0.287. The minimum absolute atomic E-state index is 0.158. The van der Waals surface area contributed by atoms with E-state index in [1.807, 2.05) is 0 Å². The molecule has 0 radical (unpaired) electrons. The molecule has 5 saturated carbocycles. The van der Waals surface area contributed by atoms with Gasteiger partial charge in [-0.05, 0) is 118 Å². The van der Waals surface area contributed by atoms with E-state index in [4.69, 9.17) is 0 Å².